The molecule has 5 rings (SSSR count). The molecule has 0 radical (unpaired) electrons. The van der Waals surface area contributed by atoms with Crippen LogP contribution in [0.4, 0.5) is 4.79 Å². The lowest BCUT2D eigenvalue weighted by Crippen LogP contribution is -2.37. The van der Waals surface area contributed by atoms with Gasteiger partial charge in [0.2, 0.25) is 5.96 Å². The van der Waals surface area contributed by atoms with Crippen molar-refractivity contribution < 1.29 is 17.9 Å². The molecule has 4 aromatic rings. The second-order valence-corrected chi connectivity index (χ2v) is 9.10. The summed E-state index contributed by atoms with van der Waals surface area (Å²) in [6.45, 7) is 0.0654. The van der Waals surface area contributed by atoms with Gasteiger partial charge in [-0.25, -0.2) is 9.78 Å². The summed E-state index contributed by atoms with van der Waals surface area (Å²) in [4.78, 5) is 16.5. The van der Waals surface area contributed by atoms with Gasteiger partial charge in [0.1, 0.15) is 19.3 Å². The number of fused-ring (bicyclic) bond motifs is 3. The number of benzene rings is 3. The van der Waals surface area contributed by atoms with Gasteiger partial charge in [-0.3, -0.25) is 5.32 Å². The molecule has 0 saturated carbocycles. The quantitative estimate of drug-likeness (QED) is 0.359. The Morgan fingerprint density at radius 3 is 2.18 bits per heavy atom. The predicted molar refractivity (Wildman–Crippen MR) is 125 cm³/mol. The molecule has 0 spiro atoms. The molecule has 0 atom stereocenters. The van der Waals surface area contributed by atoms with Crippen LogP contribution in [0.3, 0.4) is 0 Å². The van der Waals surface area contributed by atoms with Crippen molar-refractivity contribution in [2.24, 2.45) is 4.40 Å². The number of nitrogens with zero attached hydrogens (tertiary/aromatic N) is 4. The van der Waals surface area contributed by atoms with Crippen molar-refractivity contribution in [1.29, 1.82) is 0 Å². The average molecular weight is 474 g/mol. The normalized spacial score (nSPS) is 13.2. The molecule has 1 aliphatic rings. The Morgan fingerprint density at radius 1 is 0.941 bits per heavy atom. The summed E-state index contributed by atoms with van der Waals surface area (Å²) in [5.41, 5.74) is 4.33. The van der Waals surface area contributed by atoms with Crippen LogP contribution in [0.15, 0.2) is 101 Å². The number of sulfonamides is 1. The molecule has 1 N–H and O–H groups in total. The van der Waals surface area contributed by atoms with Gasteiger partial charge in [0.25, 0.3) is 10.0 Å². The van der Waals surface area contributed by atoms with Crippen molar-refractivity contribution in [2.75, 3.05) is 6.61 Å². The summed E-state index contributed by atoms with van der Waals surface area (Å²) in [5.74, 6) is -0.489. The highest BCUT2D eigenvalue weighted by molar-refractivity contribution is 7.90. The van der Waals surface area contributed by atoms with Gasteiger partial charge in [-0.15, -0.1) is 4.40 Å². The molecule has 0 fully saturated rings. The maximum atomic E-state index is 12.7. The number of alkyl carbamates (subject to hydrolysis) is 1. The van der Waals surface area contributed by atoms with Crippen LogP contribution in [0.2, 0.25) is 0 Å². The Balaban J connectivity index is 1.37. The van der Waals surface area contributed by atoms with E-state index < -0.39 is 16.1 Å². The first kappa shape index (κ1) is 21.5. The van der Waals surface area contributed by atoms with Gasteiger partial charge in [-0.2, -0.15) is 18.2 Å². The fourth-order valence-corrected chi connectivity index (χ4v) is 4.89. The fourth-order valence-electron chi connectivity index (χ4n) is 3.92. The van der Waals surface area contributed by atoms with Gasteiger partial charge in [0.15, 0.2) is 0 Å². The van der Waals surface area contributed by atoms with Crippen molar-refractivity contribution in [3.05, 3.63) is 103 Å². The number of aromatic nitrogens is 3. The van der Waals surface area contributed by atoms with E-state index in [-0.39, 0.29) is 23.4 Å². The highest BCUT2D eigenvalue weighted by atomic mass is 32.2. The molecule has 9 nitrogen and oxygen atoms in total. The highest BCUT2D eigenvalue weighted by Crippen LogP contribution is 2.44. The van der Waals surface area contributed by atoms with E-state index in [1.807, 2.05) is 48.5 Å². The minimum atomic E-state index is -4.11. The molecule has 1 amide bonds. The predicted octanol–water partition coefficient (Wildman–Crippen LogP) is 3.41. The van der Waals surface area contributed by atoms with Gasteiger partial charge in [-0.1, -0.05) is 66.7 Å². The van der Waals surface area contributed by atoms with Gasteiger partial charge in [0.05, 0.1) is 4.90 Å². The first-order valence-electron chi connectivity index (χ1n) is 10.4. The molecule has 0 aliphatic heterocycles. The van der Waals surface area contributed by atoms with Crippen LogP contribution in [-0.2, 0) is 14.8 Å². The van der Waals surface area contributed by atoms with Gasteiger partial charge < -0.3 is 4.74 Å². The molecule has 10 heteroatoms. The van der Waals surface area contributed by atoms with E-state index in [9.17, 15) is 13.2 Å². The minimum absolute atomic E-state index is 0.0260. The first-order valence-corrected chi connectivity index (χ1v) is 11.8. The molecular weight excluding hydrogens is 454 g/mol. The average Bonchev–Trinajstić information content (AvgIpc) is 3.50. The summed E-state index contributed by atoms with van der Waals surface area (Å²) in [6, 6.07) is 23.6. The van der Waals surface area contributed by atoms with Crippen molar-refractivity contribution in [3.8, 4) is 11.1 Å². The Morgan fingerprint density at radius 2 is 1.56 bits per heavy atom. The van der Waals surface area contributed by atoms with E-state index in [0.29, 0.717) is 0 Å². The van der Waals surface area contributed by atoms with Gasteiger partial charge >= 0.3 is 6.09 Å². The maximum Gasteiger partial charge on any atom is 0.414 e. The van der Waals surface area contributed by atoms with E-state index in [2.05, 4.69) is 19.8 Å². The molecule has 1 heterocycles. The standard InChI is InChI=1S/C24H19N5O4S/c30-24(33-14-22-20-12-6-4-10-18(20)19-11-5-7-13-21(19)22)27-23(29-16-25-15-26-29)28-34(31,32)17-8-2-1-3-9-17/h1-13,15-16,22H,14H2,(H,27,28,30). The molecule has 34 heavy (non-hydrogen) atoms. The molecule has 1 aromatic heterocycles. The largest absolute Gasteiger partial charge is 0.448 e. The van der Waals surface area contributed by atoms with Crippen LogP contribution in [-0.4, -0.2) is 41.8 Å². The number of hydrogen-bond donors (Lipinski definition) is 1. The van der Waals surface area contributed by atoms with Gasteiger partial charge in [-0.05, 0) is 34.4 Å². The Labute approximate surface area is 195 Å². The summed E-state index contributed by atoms with van der Waals surface area (Å²) in [5, 5.41) is 6.27. The van der Waals surface area contributed by atoms with Crippen LogP contribution in [0.25, 0.3) is 11.1 Å². The van der Waals surface area contributed by atoms with Crippen molar-refractivity contribution in [1.82, 2.24) is 20.1 Å². The molecule has 0 unspecified atom stereocenters. The number of rotatable bonds is 4. The highest BCUT2D eigenvalue weighted by Gasteiger charge is 2.29. The summed E-state index contributed by atoms with van der Waals surface area (Å²) in [6.07, 6.45) is 1.56. The lowest BCUT2D eigenvalue weighted by Gasteiger charge is -2.15. The summed E-state index contributed by atoms with van der Waals surface area (Å²) in [7, 11) is -4.11. The number of ether oxygens (including phenoxy) is 1. The summed E-state index contributed by atoms with van der Waals surface area (Å²) >= 11 is 0. The topological polar surface area (TPSA) is 116 Å². The zero-order valence-electron chi connectivity index (χ0n) is 17.8. The third-order valence-electron chi connectivity index (χ3n) is 5.44. The molecule has 1 aliphatic carbocycles. The monoisotopic (exact) mass is 473 g/mol. The van der Waals surface area contributed by atoms with Crippen molar-refractivity contribution >= 4 is 22.1 Å². The van der Waals surface area contributed by atoms with Crippen LogP contribution >= 0.6 is 0 Å². The van der Waals surface area contributed by atoms with Gasteiger partial charge in [0, 0.05) is 5.92 Å². The van der Waals surface area contributed by atoms with Crippen LogP contribution in [0, 0.1) is 0 Å². The minimum Gasteiger partial charge on any atom is -0.448 e. The molecular formula is C24H19N5O4S. The van der Waals surface area contributed by atoms with Crippen LogP contribution in [0.5, 0.6) is 0 Å². The van der Waals surface area contributed by atoms with E-state index in [4.69, 9.17) is 4.74 Å². The third-order valence-corrected chi connectivity index (χ3v) is 6.72. The van der Waals surface area contributed by atoms with Crippen LogP contribution < -0.4 is 5.32 Å². The zero-order valence-corrected chi connectivity index (χ0v) is 18.6. The Kier molecular flexibility index (Phi) is 5.64. The van der Waals surface area contributed by atoms with E-state index in [0.717, 1.165) is 26.9 Å². The number of amides is 1. The number of carbonyl (C=O) groups is 1. The maximum absolute atomic E-state index is 12.7. The Hall–Kier alpha value is -4.31. The lowest BCUT2D eigenvalue weighted by molar-refractivity contribution is 0.148. The van der Waals surface area contributed by atoms with Crippen molar-refractivity contribution in [2.45, 2.75) is 10.8 Å². The van der Waals surface area contributed by atoms with Crippen molar-refractivity contribution in [3.63, 3.8) is 0 Å². The molecule has 170 valence electrons. The van der Waals surface area contributed by atoms with E-state index in [1.165, 1.54) is 24.8 Å². The smallest absolute Gasteiger partial charge is 0.414 e. The first-order chi connectivity index (χ1) is 16.5. The fraction of sp³-hybridized carbons (Fsp3) is 0.0833. The third kappa shape index (κ3) is 4.18. The number of hydrogen-bond acceptors (Lipinski definition) is 6. The summed E-state index contributed by atoms with van der Waals surface area (Å²) < 4.78 is 35.7. The Bertz CT molecular complexity index is 1420. The molecule has 3 aromatic carbocycles. The SMILES string of the molecule is O=C(N/C(=N/S(=O)(=O)c1ccccc1)n1cncn1)OCC1c2ccccc2-c2ccccc21. The van der Waals surface area contributed by atoms with Crippen LogP contribution in [0.1, 0.15) is 17.0 Å². The number of carbonyl (C=O) groups excluding carboxylic acids is 1. The second-order valence-electron chi connectivity index (χ2n) is 7.49. The molecule has 0 bridgehead atoms. The molecule has 0 saturated heterocycles. The lowest BCUT2D eigenvalue weighted by atomic mass is 9.98. The van der Waals surface area contributed by atoms with E-state index in [1.54, 1.807) is 18.2 Å². The second kappa shape index (κ2) is 8.91. The number of nitrogens with one attached hydrogen (secondary N) is 1. The zero-order chi connectivity index (χ0) is 23.5. The van der Waals surface area contributed by atoms with E-state index >= 15 is 0 Å².